The average Bonchev–Trinajstić information content (AvgIpc) is 3.02. The Labute approximate surface area is 127 Å². The van der Waals surface area contributed by atoms with Crippen molar-refractivity contribution in [2.75, 3.05) is 0 Å². The van der Waals surface area contributed by atoms with Gasteiger partial charge in [-0.2, -0.15) is 0 Å². The van der Waals surface area contributed by atoms with Crippen molar-refractivity contribution in [3.05, 3.63) is 78.1 Å². The molecule has 0 amide bonds. The molecule has 0 aliphatic heterocycles. The summed E-state index contributed by atoms with van der Waals surface area (Å²) in [5.41, 5.74) is 1.96. The van der Waals surface area contributed by atoms with Crippen LogP contribution in [0.1, 0.15) is 11.1 Å². The Morgan fingerprint density at radius 3 is 2.50 bits per heavy atom. The highest BCUT2D eigenvalue weighted by Gasteiger charge is 2.11. The van der Waals surface area contributed by atoms with Crippen LogP contribution in [0.5, 0.6) is 0 Å². The largest absolute Gasteiger partial charge is 0.443 e. The molecule has 0 atom stereocenters. The van der Waals surface area contributed by atoms with Gasteiger partial charge in [-0.25, -0.2) is 9.37 Å². The third-order valence-corrected chi connectivity index (χ3v) is 3.38. The van der Waals surface area contributed by atoms with Crippen molar-refractivity contribution in [1.82, 2.24) is 4.98 Å². The van der Waals surface area contributed by atoms with E-state index in [0.29, 0.717) is 23.3 Å². The van der Waals surface area contributed by atoms with Gasteiger partial charge < -0.3 is 4.42 Å². The molecule has 0 bridgehead atoms. The number of benzene rings is 2. The molecular weight excluding hydrogens is 281 g/mol. The first kappa shape index (κ1) is 14.2. The van der Waals surface area contributed by atoms with E-state index in [1.54, 1.807) is 12.1 Å². The van der Waals surface area contributed by atoms with Crippen LogP contribution in [-0.2, 0) is 17.6 Å². The molecule has 0 aliphatic carbocycles. The Morgan fingerprint density at radius 1 is 1.05 bits per heavy atom. The minimum atomic E-state index is -0.415. The van der Waals surface area contributed by atoms with Crippen molar-refractivity contribution < 1.29 is 13.6 Å². The number of carbonyl (C=O) groups is 1. The monoisotopic (exact) mass is 295 g/mol. The summed E-state index contributed by atoms with van der Waals surface area (Å²) >= 11 is 0. The first-order valence-electron chi connectivity index (χ1n) is 6.95. The Bertz CT molecular complexity index is 767. The van der Waals surface area contributed by atoms with Crippen LogP contribution in [0.25, 0.3) is 11.3 Å². The molecule has 3 nitrogen and oxygen atoms in total. The number of ketones is 1. The summed E-state index contributed by atoms with van der Waals surface area (Å²) in [6.45, 7) is 0. The number of hydrogen-bond donors (Lipinski definition) is 0. The van der Waals surface area contributed by atoms with Crippen molar-refractivity contribution in [3.8, 4) is 11.3 Å². The fourth-order valence-electron chi connectivity index (χ4n) is 2.33. The normalized spacial score (nSPS) is 10.6. The molecule has 0 saturated carbocycles. The maximum Gasteiger partial charge on any atom is 0.181 e. The van der Waals surface area contributed by atoms with Crippen LogP contribution < -0.4 is 0 Å². The number of aromatic nitrogens is 1. The molecule has 22 heavy (non-hydrogen) atoms. The van der Waals surface area contributed by atoms with Crippen LogP contribution in [0.4, 0.5) is 4.39 Å². The number of nitrogens with zero attached hydrogens (tertiary/aromatic N) is 1. The number of oxazole rings is 1. The quantitative estimate of drug-likeness (QED) is 0.718. The molecule has 110 valence electrons. The molecule has 0 fully saturated rings. The third kappa shape index (κ3) is 3.28. The highest BCUT2D eigenvalue weighted by atomic mass is 19.1. The lowest BCUT2D eigenvalue weighted by atomic mass is 10.0. The van der Waals surface area contributed by atoms with E-state index in [1.807, 2.05) is 30.3 Å². The van der Waals surface area contributed by atoms with E-state index >= 15 is 0 Å². The first-order chi connectivity index (χ1) is 10.7. The van der Waals surface area contributed by atoms with Crippen LogP contribution in [0.3, 0.4) is 0 Å². The topological polar surface area (TPSA) is 43.1 Å². The average molecular weight is 295 g/mol. The van der Waals surface area contributed by atoms with Crippen molar-refractivity contribution in [2.24, 2.45) is 0 Å². The van der Waals surface area contributed by atoms with Gasteiger partial charge in [0.15, 0.2) is 12.2 Å². The van der Waals surface area contributed by atoms with Crippen LogP contribution in [-0.4, -0.2) is 10.8 Å². The Kier molecular flexibility index (Phi) is 4.10. The van der Waals surface area contributed by atoms with E-state index < -0.39 is 5.82 Å². The van der Waals surface area contributed by atoms with Crippen molar-refractivity contribution in [1.29, 1.82) is 0 Å². The van der Waals surface area contributed by atoms with E-state index in [0.717, 1.165) is 5.56 Å². The van der Waals surface area contributed by atoms with E-state index in [4.69, 9.17) is 4.42 Å². The molecule has 1 heterocycles. The smallest absolute Gasteiger partial charge is 0.181 e. The standard InChI is InChI=1S/C18H14FNO2/c19-17-10-14(6-7-16(17)18-11-20-12-22-18)9-15(21)8-13-4-2-1-3-5-13/h1-7,10-12H,8-9H2. The van der Waals surface area contributed by atoms with Gasteiger partial charge >= 0.3 is 0 Å². The number of hydrogen-bond acceptors (Lipinski definition) is 3. The van der Waals surface area contributed by atoms with Gasteiger partial charge in [-0.1, -0.05) is 36.4 Å². The molecule has 2 aromatic carbocycles. The summed E-state index contributed by atoms with van der Waals surface area (Å²) in [4.78, 5) is 15.8. The summed E-state index contributed by atoms with van der Waals surface area (Å²) in [5, 5.41) is 0. The second kappa shape index (κ2) is 6.35. The fourth-order valence-corrected chi connectivity index (χ4v) is 2.33. The predicted octanol–water partition coefficient (Wildman–Crippen LogP) is 3.84. The van der Waals surface area contributed by atoms with Gasteiger partial charge in [0.25, 0.3) is 0 Å². The lowest BCUT2D eigenvalue weighted by Gasteiger charge is -2.04. The van der Waals surface area contributed by atoms with E-state index in [9.17, 15) is 9.18 Å². The van der Waals surface area contributed by atoms with Crippen molar-refractivity contribution in [2.45, 2.75) is 12.8 Å². The number of carbonyl (C=O) groups excluding carboxylic acids is 1. The SMILES string of the molecule is O=C(Cc1ccccc1)Cc1ccc(-c2cnco2)c(F)c1. The van der Waals surface area contributed by atoms with E-state index in [2.05, 4.69) is 4.98 Å². The summed E-state index contributed by atoms with van der Waals surface area (Å²) in [7, 11) is 0. The minimum absolute atomic E-state index is 0.0537. The van der Waals surface area contributed by atoms with Gasteiger partial charge in [0.2, 0.25) is 0 Å². The third-order valence-electron chi connectivity index (χ3n) is 3.38. The highest BCUT2D eigenvalue weighted by molar-refractivity contribution is 5.83. The van der Waals surface area contributed by atoms with E-state index in [1.165, 1.54) is 18.7 Å². The molecule has 0 radical (unpaired) electrons. The summed E-state index contributed by atoms with van der Waals surface area (Å²) in [6, 6.07) is 14.2. The van der Waals surface area contributed by atoms with Gasteiger partial charge in [-0.15, -0.1) is 0 Å². The highest BCUT2D eigenvalue weighted by Crippen LogP contribution is 2.23. The van der Waals surface area contributed by atoms with Gasteiger partial charge in [0, 0.05) is 12.8 Å². The number of halogens is 1. The zero-order chi connectivity index (χ0) is 15.4. The molecule has 0 N–H and O–H groups in total. The lowest BCUT2D eigenvalue weighted by molar-refractivity contribution is -0.117. The molecule has 0 saturated heterocycles. The summed E-state index contributed by atoms with van der Waals surface area (Å²) < 4.78 is 19.2. The Hall–Kier alpha value is -2.75. The summed E-state index contributed by atoms with van der Waals surface area (Å²) in [5.74, 6) is 0.0134. The second-order valence-electron chi connectivity index (χ2n) is 5.06. The van der Waals surface area contributed by atoms with Crippen LogP contribution in [0.2, 0.25) is 0 Å². The summed E-state index contributed by atoms with van der Waals surface area (Å²) in [6.07, 6.45) is 3.28. The lowest BCUT2D eigenvalue weighted by Crippen LogP contribution is -2.06. The van der Waals surface area contributed by atoms with Crippen LogP contribution >= 0.6 is 0 Å². The zero-order valence-electron chi connectivity index (χ0n) is 11.8. The predicted molar refractivity (Wildman–Crippen MR) is 80.8 cm³/mol. The molecule has 0 spiro atoms. The van der Waals surface area contributed by atoms with Gasteiger partial charge in [-0.05, 0) is 23.3 Å². The molecule has 0 aliphatic rings. The van der Waals surface area contributed by atoms with Crippen LogP contribution in [0, 0.1) is 5.82 Å². The van der Waals surface area contributed by atoms with E-state index in [-0.39, 0.29) is 12.2 Å². The Morgan fingerprint density at radius 2 is 1.82 bits per heavy atom. The van der Waals surface area contributed by atoms with Gasteiger partial charge in [-0.3, -0.25) is 4.79 Å². The Balaban J connectivity index is 1.71. The van der Waals surface area contributed by atoms with Crippen molar-refractivity contribution in [3.63, 3.8) is 0 Å². The zero-order valence-corrected chi connectivity index (χ0v) is 11.8. The molecule has 1 aromatic heterocycles. The number of Topliss-reactive ketones (excluding diaryl/α,β-unsaturated/α-hetero) is 1. The van der Waals surface area contributed by atoms with Crippen molar-refractivity contribution >= 4 is 5.78 Å². The second-order valence-corrected chi connectivity index (χ2v) is 5.06. The molecular formula is C18H14FNO2. The molecule has 3 rings (SSSR count). The molecule has 0 unspecified atom stereocenters. The fraction of sp³-hybridized carbons (Fsp3) is 0.111. The first-order valence-corrected chi connectivity index (χ1v) is 6.95. The maximum absolute atomic E-state index is 14.1. The number of rotatable bonds is 5. The minimum Gasteiger partial charge on any atom is -0.443 e. The molecule has 3 aromatic rings. The maximum atomic E-state index is 14.1. The van der Waals surface area contributed by atoms with Gasteiger partial charge in [0.1, 0.15) is 11.6 Å². The molecule has 4 heteroatoms. The van der Waals surface area contributed by atoms with Gasteiger partial charge in [0.05, 0.1) is 11.8 Å². The van der Waals surface area contributed by atoms with Crippen LogP contribution in [0.15, 0.2) is 65.5 Å².